The molecular formula is C51H30N4S2. The summed E-state index contributed by atoms with van der Waals surface area (Å²) < 4.78 is 61.0. The summed E-state index contributed by atoms with van der Waals surface area (Å²) in [6, 6.07) is 46.7. The third kappa shape index (κ3) is 5.08. The Morgan fingerprint density at radius 3 is 1.75 bits per heavy atom. The Hall–Kier alpha value is -6.99. The molecule has 0 fully saturated rings. The van der Waals surface area contributed by atoms with Crippen molar-refractivity contribution < 1.29 is 8.22 Å². The van der Waals surface area contributed by atoms with Crippen LogP contribution in [0.1, 0.15) is 8.22 Å². The highest BCUT2D eigenvalue weighted by molar-refractivity contribution is 7.26. The van der Waals surface area contributed by atoms with Gasteiger partial charge in [0.1, 0.15) is 0 Å². The fourth-order valence-electron chi connectivity index (χ4n) is 8.09. The molecular weight excluding hydrogens is 733 g/mol. The molecule has 0 aliphatic heterocycles. The summed E-state index contributed by atoms with van der Waals surface area (Å²) in [6.45, 7) is 0. The molecule has 0 bridgehead atoms. The molecule has 0 atom stereocenters. The molecule has 0 saturated heterocycles. The van der Waals surface area contributed by atoms with Gasteiger partial charge in [-0.2, -0.15) is 0 Å². The van der Waals surface area contributed by atoms with Crippen molar-refractivity contribution in [2.45, 2.75) is 0 Å². The quantitative estimate of drug-likeness (QED) is 0.175. The molecule has 0 N–H and O–H groups in total. The highest BCUT2D eigenvalue weighted by Crippen LogP contribution is 2.46. The van der Waals surface area contributed by atoms with Crippen LogP contribution in [0.25, 0.3) is 113 Å². The van der Waals surface area contributed by atoms with Gasteiger partial charge < -0.3 is 4.57 Å². The first-order valence-corrected chi connectivity index (χ1v) is 20.2. The molecule has 6 heteroatoms. The Balaban J connectivity index is 1.24. The van der Waals surface area contributed by atoms with E-state index in [1.54, 1.807) is 27.2 Å². The normalized spacial score (nSPS) is 13.3. The second-order valence-corrected chi connectivity index (χ2v) is 16.0. The second kappa shape index (κ2) is 12.8. The Kier molecular flexibility index (Phi) is 6.00. The lowest BCUT2D eigenvalue weighted by molar-refractivity contribution is 1.07. The van der Waals surface area contributed by atoms with Gasteiger partial charge in [0.2, 0.25) is 0 Å². The van der Waals surface area contributed by atoms with Gasteiger partial charge in [0.25, 0.3) is 0 Å². The first kappa shape index (κ1) is 26.8. The molecule has 4 heterocycles. The van der Waals surface area contributed by atoms with Gasteiger partial charge in [-0.1, -0.05) is 133 Å². The van der Waals surface area contributed by atoms with E-state index in [9.17, 15) is 5.48 Å². The molecule has 12 aromatic rings. The van der Waals surface area contributed by atoms with Crippen LogP contribution in [0.4, 0.5) is 0 Å². The third-order valence-corrected chi connectivity index (χ3v) is 13.0. The van der Waals surface area contributed by atoms with Crippen LogP contribution in [0.3, 0.4) is 0 Å². The van der Waals surface area contributed by atoms with Crippen molar-refractivity contribution in [1.82, 2.24) is 19.5 Å². The first-order valence-electron chi connectivity index (χ1n) is 21.5. The van der Waals surface area contributed by atoms with E-state index in [1.165, 1.54) is 16.8 Å². The van der Waals surface area contributed by atoms with Gasteiger partial charge in [0.15, 0.2) is 17.5 Å². The molecule has 57 heavy (non-hydrogen) atoms. The Labute approximate surface area is 344 Å². The van der Waals surface area contributed by atoms with Gasteiger partial charge in [-0.25, -0.2) is 15.0 Å². The van der Waals surface area contributed by atoms with Crippen LogP contribution in [0, 0.1) is 0 Å². The number of aromatic nitrogens is 4. The molecule has 0 aliphatic rings. The lowest BCUT2D eigenvalue weighted by atomic mass is 9.97. The number of hydrogen-bond acceptors (Lipinski definition) is 5. The van der Waals surface area contributed by atoms with Gasteiger partial charge >= 0.3 is 0 Å². The molecule has 0 saturated carbocycles. The van der Waals surface area contributed by atoms with Crippen molar-refractivity contribution in [3.05, 3.63) is 182 Å². The summed E-state index contributed by atoms with van der Waals surface area (Å²) in [5.41, 5.74) is 4.85. The number of benzene rings is 8. The zero-order valence-electron chi connectivity index (χ0n) is 36.0. The van der Waals surface area contributed by atoms with Crippen LogP contribution in [0.15, 0.2) is 182 Å². The molecule has 266 valence electrons. The Morgan fingerprint density at radius 1 is 0.404 bits per heavy atom. The Bertz CT molecular complexity index is 3820. The smallest absolute Gasteiger partial charge is 0.166 e. The summed E-state index contributed by atoms with van der Waals surface area (Å²) in [5.74, 6) is 1.26. The summed E-state index contributed by atoms with van der Waals surface area (Å²) in [5, 5.41) is 4.82. The number of rotatable bonds is 5. The molecule has 8 aromatic carbocycles. The van der Waals surface area contributed by atoms with Crippen molar-refractivity contribution in [1.29, 1.82) is 0 Å². The lowest BCUT2D eigenvalue weighted by Crippen LogP contribution is -2.05. The fraction of sp³-hybridized carbons (Fsp3) is 0. The minimum Gasteiger partial charge on any atom is -0.308 e. The third-order valence-electron chi connectivity index (χ3n) is 10.6. The maximum Gasteiger partial charge on any atom is 0.166 e. The van der Waals surface area contributed by atoms with E-state index in [0.717, 1.165) is 57.9 Å². The van der Waals surface area contributed by atoms with E-state index in [0.29, 0.717) is 28.7 Å². The molecule has 4 aromatic heterocycles. The maximum absolute atomic E-state index is 9.44. The van der Waals surface area contributed by atoms with Crippen LogP contribution >= 0.6 is 22.7 Å². The summed E-state index contributed by atoms with van der Waals surface area (Å²) >= 11 is 3.42. The molecule has 12 rings (SSSR count). The summed E-state index contributed by atoms with van der Waals surface area (Å²) in [4.78, 5) is 15.6. The number of thiophene rings is 2. The molecule has 0 radical (unpaired) electrons. The van der Waals surface area contributed by atoms with Crippen molar-refractivity contribution in [2.75, 3.05) is 0 Å². The largest absolute Gasteiger partial charge is 0.308 e. The van der Waals surface area contributed by atoms with Crippen LogP contribution in [0.2, 0.25) is 0 Å². The van der Waals surface area contributed by atoms with Crippen molar-refractivity contribution in [2.24, 2.45) is 0 Å². The molecule has 0 aliphatic carbocycles. The SMILES string of the molecule is [2H]c1cc([2H])c2c(c1[2H])c1c([2H])c([2H])cc([2H])c1n2-c1c(-c2nc(-c3ccccc3)nc(-c3ccc4sc5ccccc5c4c3)n2)cccc1-c1cccc2c1sc1ccccc12. The van der Waals surface area contributed by atoms with E-state index in [1.807, 2.05) is 84.9 Å². The minimum absolute atomic E-state index is 0.0500. The van der Waals surface area contributed by atoms with Crippen LogP contribution in [-0.4, -0.2) is 19.5 Å². The first-order chi connectivity index (χ1) is 30.7. The average Bonchev–Trinajstić information content (AvgIpc) is 4.00. The minimum atomic E-state index is -0.181. The van der Waals surface area contributed by atoms with E-state index in [-0.39, 0.29) is 58.1 Å². The van der Waals surface area contributed by atoms with E-state index in [4.69, 9.17) is 17.7 Å². The van der Waals surface area contributed by atoms with Crippen molar-refractivity contribution in [3.8, 4) is 51.0 Å². The van der Waals surface area contributed by atoms with Gasteiger partial charge in [-0.3, -0.25) is 0 Å². The van der Waals surface area contributed by atoms with Crippen LogP contribution < -0.4 is 0 Å². The predicted octanol–water partition coefficient (Wildman–Crippen LogP) is 14.4. The Morgan fingerprint density at radius 2 is 0.982 bits per heavy atom. The number of hydrogen-bond donors (Lipinski definition) is 0. The second-order valence-electron chi connectivity index (χ2n) is 13.9. The van der Waals surface area contributed by atoms with Crippen molar-refractivity contribution >= 4 is 84.8 Å². The van der Waals surface area contributed by atoms with Gasteiger partial charge in [0, 0.05) is 78.9 Å². The number of fused-ring (bicyclic) bond motifs is 9. The average molecular weight is 769 g/mol. The lowest BCUT2D eigenvalue weighted by Gasteiger charge is -2.19. The molecule has 0 spiro atoms. The number of para-hydroxylation sites is 3. The zero-order chi connectivity index (χ0) is 42.7. The summed E-state index contributed by atoms with van der Waals surface area (Å²) in [6.07, 6.45) is 0. The maximum atomic E-state index is 9.44. The standard InChI is InChI=1S/C51H30N4S2/c1-2-14-31(15-3-1)49-52-50(32-28-29-46-41(30-32)36-19-7-10-26-44(36)56-46)54-51(53-49)40-23-12-20-37(39-22-13-21-38-35-18-6-11-27-45(35)57-48(38)39)47(40)55-42-24-8-4-16-33(42)34-17-5-9-25-43(34)55/h1-30H/i4D,5D,16D,17D,24D,25D. The summed E-state index contributed by atoms with van der Waals surface area (Å²) in [7, 11) is 0. The van der Waals surface area contributed by atoms with Gasteiger partial charge in [-0.05, 0) is 48.5 Å². The highest BCUT2D eigenvalue weighted by atomic mass is 32.1. The topological polar surface area (TPSA) is 43.6 Å². The molecule has 0 amide bonds. The predicted molar refractivity (Wildman–Crippen MR) is 242 cm³/mol. The molecule has 4 nitrogen and oxygen atoms in total. The van der Waals surface area contributed by atoms with Crippen molar-refractivity contribution in [3.63, 3.8) is 0 Å². The fourth-order valence-corrected chi connectivity index (χ4v) is 10.4. The zero-order valence-corrected chi connectivity index (χ0v) is 31.6. The van der Waals surface area contributed by atoms with E-state index < -0.39 is 0 Å². The number of nitrogens with zero attached hydrogens (tertiary/aromatic N) is 4. The van der Waals surface area contributed by atoms with E-state index in [2.05, 4.69) is 48.5 Å². The van der Waals surface area contributed by atoms with Crippen LogP contribution in [0.5, 0.6) is 0 Å². The van der Waals surface area contributed by atoms with Gasteiger partial charge in [-0.15, -0.1) is 22.7 Å². The van der Waals surface area contributed by atoms with E-state index >= 15 is 0 Å². The molecule has 0 unspecified atom stereocenters. The van der Waals surface area contributed by atoms with Crippen LogP contribution in [-0.2, 0) is 0 Å². The van der Waals surface area contributed by atoms with Gasteiger partial charge in [0.05, 0.1) is 24.9 Å². The monoisotopic (exact) mass is 768 g/mol. The highest BCUT2D eigenvalue weighted by Gasteiger charge is 2.24.